The van der Waals surface area contributed by atoms with Crippen molar-refractivity contribution in [3.8, 4) is 0 Å². The molecule has 2 aromatic heterocycles. The largest absolute Gasteiger partial charge is 0.394 e. The van der Waals surface area contributed by atoms with Crippen LogP contribution in [0.15, 0.2) is 42.7 Å². The van der Waals surface area contributed by atoms with E-state index in [9.17, 15) is 18.7 Å². The van der Waals surface area contributed by atoms with Crippen molar-refractivity contribution in [1.82, 2.24) is 14.7 Å². The molecule has 1 amide bonds. The maximum Gasteiger partial charge on any atom is 0.270 e. The van der Waals surface area contributed by atoms with Gasteiger partial charge in [-0.3, -0.25) is 9.20 Å². The van der Waals surface area contributed by atoms with E-state index in [0.29, 0.717) is 24.2 Å². The molecule has 0 spiro atoms. The number of hydrogen-bond acceptors (Lipinski definition) is 5. The molecule has 30 heavy (non-hydrogen) atoms. The van der Waals surface area contributed by atoms with Crippen LogP contribution in [0.5, 0.6) is 0 Å². The number of nitrogens with zero attached hydrogens (tertiary/aromatic N) is 3. The Balaban J connectivity index is 1.64. The van der Waals surface area contributed by atoms with Crippen molar-refractivity contribution in [2.24, 2.45) is 0 Å². The Morgan fingerprint density at radius 3 is 2.93 bits per heavy atom. The first-order chi connectivity index (χ1) is 14.5. The van der Waals surface area contributed by atoms with Crippen LogP contribution in [-0.2, 0) is 0 Å². The van der Waals surface area contributed by atoms with Crippen LogP contribution in [0.25, 0.3) is 5.65 Å². The van der Waals surface area contributed by atoms with Crippen LogP contribution in [0.2, 0.25) is 0 Å². The average molecular weight is 416 g/mol. The number of imidazole rings is 1. The summed E-state index contributed by atoms with van der Waals surface area (Å²) in [5.74, 6) is -1.37. The number of hydrogen-bond donors (Lipinski definition) is 3. The molecule has 0 saturated carbocycles. The Kier molecular flexibility index (Phi) is 5.65. The Hall–Kier alpha value is -3.04. The molecule has 3 aromatic rings. The number of rotatable bonds is 6. The second-order valence-corrected chi connectivity index (χ2v) is 7.32. The second-order valence-electron chi connectivity index (χ2n) is 7.32. The fraction of sp³-hybridized carbons (Fsp3) is 0.333. The third-order valence-corrected chi connectivity index (χ3v) is 5.33. The Morgan fingerprint density at radius 1 is 1.30 bits per heavy atom. The van der Waals surface area contributed by atoms with Crippen LogP contribution in [0.4, 0.5) is 14.5 Å². The molecule has 1 saturated heterocycles. The van der Waals surface area contributed by atoms with Gasteiger partial charge in [-0.05, 0) is 43.2 Å². The number of aromatic nitrogens is 2. The fourth-order valence-electron chi connectivity index (χ4n) is 3.84. The lowest BCUT2D eigenvalue weighted by Gasteiger charge is -2.27. The van der Waals surface area contributed by atoms with E-state index in [1.165, 1.54) is 12.3 Å². The molecule has 0 unspecified atom stereocenters. The first-order valence-corrected chi connectivity index (χ1v) is 9.73. The van der Waals surface area contributed by atoms with Gasteiger partial charge in [0.25, 0.3) is 5.91 Å². The SMILES string of the molecule is O=C(NC[C@H](O)CO)c1cnc2ccc(N3CCC[C@@H]3c3cc(F)ccc3F)cn12. The van der Waals surface area contributed by atoms with Crippen molar-refractivity contribution in [1.29, 1.82) is 0 Å². The maximum atomic E-state index is 14.4. The number of benzene rings is 1. The van der Waals surface area contributed by atoms with E-state index >= 15 is 0 Å². The summed E-state index contributed by atoms with van der Waals surface area (Å²) >= 11 is 0. The topological polar surface area (TPSA) is 90.1 Å². The number of halogens is 2. The smallest absolute Gasteiger partial charge is 0.270 e. The van der Waals surface area contributed by atoms with Crippen LogP contribution in [0, 0.1) is 11.6 Å². The molecule has 3 heterocycles. The molecule has 1 aromatic carbocycles. The summed E-state index contributed by atoms with van der Waals surface area (Å²) in [6.07, 6.45) is 3.64. The molecule has 4 rings (SSSR count). The summed E-state index contributed by atoms with van der Waals surface area (Å²) in [6, 6.07) is 6.77. The van der Waals surface area contributed by atoms with E-state index in [1.54, 1.807) is 16.7 Å². The number of fused-ring (bicyclic) bond motifs is 1. The van der Waals surface area contributed by atoms with Crippen LogP contribution in [0.3, 0.4) is 0 Å². The van der Waals surface area contributed by atoms with Crippen molar-refractivity contribution in [3.63, 3.8) is 0 Å². The van der Waals surface area contributed by atoms with Gasteiger partial charge in [-0.1, -0.05) is 0 Å². The monoisotopic (exact) mass is 416 g/mol. The molecule has 9 heteroatoms. The van der Waals surface area contributed by atoms with Gasteiger partial charge in [-0.25, -0.2) is 13.8 Å². The predicted molar refractivity (Wildman–Crippen MR) is 106 cm³/mol. The molecule has 0 bridgehead atoms. The highest BCUT2D eigenvalue weighted by Gasteiger charge is 2.29. The first kappa shape index (κ1) is 20.2. The van der Waals surface area contributed by atoms with Gasteiger partial charge >= 0.3 is 0 Å². The lowest BCUT2D eigenvalue weighted by atomic mass is 10.0. The van der Waals surface area contributed by atoms with Crippen molar-refractivity contribution in [2.75, 3.05) is 24.6 Å². The number of nitrogens with one attached hydrogen (secondary N) is 1. The van der Waals surface area contributed by atoms with Gasteiger partial charge < -0.3 is 20.4 Å². The Bertz CT molecular complexity index is 1070. The van der Waals surface area contributed by atoms with E-state index in [4.69, 9.17) is 5.11 Å². The molecule has 1 aliphatic rings. The number of amides is 1. The van der Waals surface area contributed by atoms with Crippen LogP contribution in [0.1, 0.15) is 34.9 Å². The Morgan fingerprint density at radius 2 is 2.13 bits per heavy atom. The highest BCUT2D eigenvalue weighted by atomic mass is 19.1. The zero-order valence-electron chi connectivity index (χ0n) is 16.1. The lowest BCUT2D eigenvalue weighted by molar-refractivity contribution is 0.0798. The standard InChI is InChI=1S/C21H22F2N4O3/c22-13-3-5-17(23)16(8-13)18-2-1-7-26(18)14-4-6-20-24-10-19(27(20)11-14)21(30)25-9-15(29)12-28/h3-6,8,10-11,15,18,28-29H,1-2,7,9,12H2,(H,25,30)/t15-,18+/m0/s1. The van der Waals surface area contributed by atoms with Gasteiger partial charge in [0.2, 0.25) is 0 Å². The summed E-state index contributed by atoms with van der Waals surface area (Å²) in [4.78, 5) is 18.7. The van der Waals surface area contributed by atoms with Crippen molar-refractivity contribution in [2.45, 2.75) is 25.0 Å². The second kappa shape index (κ2) is 8.37. The molecule has 0 aliphatic carbocycles. The average Bonchev–Trinajstić information content (AvgIpc) is 3.40. The zero-order valence-corrected chi connectivity index (χ0v) is 16.1. The van der Waals surface area contributed by atoms with E-state index in [0.717, 1.165) is 24.2 Å². The molecule has 2 atom stereocenters. The normalized spacial score (nSPS) is 17.5. The fourth-order valence-corrected chi connectivity index (χ4v) is 3.84. The number of aliphatic hydroxyl groups is 2. The van der Waals surface area contributed by atoms with E-state index in [2.05, 4.69) is 10.3 Å². The van der Waals surface area contributed by atoms with Crippen molar-refractivity contribution >= 4 is 17.2 Å². The van der Waals surface area contributed by atoms with Crippen LogP contribution in [-0.4, -0.2) is 51.3 Å². The van der Waals surface area contributed by atoms with E-state index in [-0.39, 0.29) is 18.3 Å². The molecule has 0 radical (unpaired) electrons. The van der Waals surface area contributed by atoms with Gasteiger partial charge in [0.05, 0.1) is 30.6 Å². The van der Waals surface area contributed by atoms with E-state index < -0.39 is 30.3 Å². The highest BCUT2D eigenvalue weighted by molar-refractivity contribution is 5.93. The third kappa shape index (κ3) is 3.86. The minimum Gasteiger partial charge on any atom is -0.394 e. The predicted octanol–water partition coefficient (Wildman–Crippen LogP) is 2.04. The zero-order chi connectivity index (χ0) is 21.3. The van der Waals surface area contributed by atoms with Crippen LogP contribution < -0.4 is 10.2 Å². The summed E-state index contributed by atoms with van der Waals surface area (Å²) < 4.78 is 29.7. The van der Waals surface area contributed by atoms with Gasteiger partial charge in [0.1, 0.15) is 23.0 Å². The lowest BCUT2D eigenvalue weighted by Crippen LogP contribution is -2.34. The molecule has 3 N–H and O–H groups in total. The maximum absolute atomic E-state index is 14.4. The Labute approximate surface area is 171 Å². The van der Waals surface area contributed by atoms with Crippen molar-refractivity contribution < 1.29 is 23.8 Å². The minimum atomic E-state index is -1.05. The molecule has 158 valence electrons. The number of pyridine rings is 1. The van der Waals surface area contributed by atoms with Gasteiger partial charge in [-0.15, -0.1) is 0 Å². The summed E-state index contributed by atoms with van der Waals surface area (Å²) in [6.45, 7) is 0.130. The van der Waals surface area contributed by atoms with Gasteiger partial charge in [0, 0.05) is 24.8 Å². The van der Waals surface area contributed by atoms with Crippen molar-refractivity contribution in [3.05, 3.63) is 65.6 Å². The molecule has 7 nitrogen and oxygen atoms in total. The number of carbonyl (C=O) groups is 1. The third-order valence-electron chi connectivity index (χ3n) is 5.33. The molecule has 1 fully saturated rings. The highest BCUT2D eigenvalue weighted by Crippen LogP contribution is 2.37. The van der Waals surface area contributed by atoms with Gasteiger partial charge in [-0.2, -0.15) is 0 Å². The molecular weight excluding hydrogens is 394 g/mol. The molecule has 1 aliphatic heterocycles. The summed E-state index contributed by atoms with van der Waals surface area (Å²) in [5, 5.41) is 20.9. The van der Waals surface area contributed by atoms with E-state index in [1.807, 2.05) is 11.0 Å². The summed E-state index contributed by atoms with van der Waals surface area (Å²) in [7, 11) is 0. The number of anilines is 1. The number of aliphatic hydroxyl groups excluding tert-OH is 2. The minimum absolute atomic E-state index is 0.0880. The number of carbonyl (C=O) groups excluding carboxylic acids is 1. The molecular formula is C21H22F2N4O3. The summed E-state index contributed by atoms with van der Waals surface area (Å²) in [5.41, 5.74) is 1.90. The van der Waals surface area contributed by atoms with Crippen LogP contribution >= 0.6 is 0 Å². The van der Waals surface area contributed by atoms with Gasteiger partial charge in [0.15, 0.2) is 0 Å². The quantitative estimate of drug-likeness (QED) is 0.572. The first-order valence-electron chi connectivity index (χ1n) is 9.73.